The molecule has 0 aliphatic rings. The molecule has 0 aliphatic heterocycles. The van der Waals surface area contributed by atoms with Gasteiger partial charge in [-0.1, -0.05) is 6.42 Å². The monoisotopic (exact) mass is 406 g/mol. The summed E-state index contributed by atoms with van der Waals surface area (Å²) in [6.45, 7) is 3.28. The number of rotatable bonds is 9. The van der Waals surface area contributed by atoms with Gasteiger partial charge in [-0.05, 0) is 19.3 Å². The largest absolute Gasteiger partial charge is 0.705 e. The van der Waals surface area contributed by atoms with Crippen molar-refractivity contribution in [1.82, 2.24) is 0 Å². The fourth-order valence-corrected chi connectivity index (χ4v) is 4.93. The van der Waals surface area contributed by atoms with Gasteiger partial charge in [0.15, 0.2) is 0 Å². The molecule has 1 rings (SSSR count). The zero-order valence-corrected chi connectivity index (χ0v) is 16.3. The summed E-state index contributed by atoms with van der Waals surface area (Å²) in [6, 6.07) is 1.21. The number of halogens is 3. The Morgan fingerprint density at radius 1 is 0.815 bits per heavy atom. The average Bonchev–Trinajstić information content (AvgIpc) is 2.46. The lowest BCUT2D eigenvalue weighted by molar-refractivity contribution is -0.147. The molecule has 0 bridgehead atoms. The van der Waals surface area contributed by atoms with Crippen molar-refractivity contribution < 1.29 is 40.8 Å². The zero-order chi connectivity index (χ0) is 20.6. The van der Waals surface area contributed by atoms with E-state index in [0.29, 0.717) is 31.4 Å². The topological polar surface area (TPSA) is 78.9 Å². The Balaban J connectivity index is 2.69. The van der Waals surface area contributed by atoms with Crippen molar-refractivity contribution in [1.29, 1.82) is 0 Å². The minimum Gasteiger partial charge on any atom is -0.455 e. The van der Waals surface area contributed by atoms with Gasteiger partial charge in [0.1, 0.15) is 17.5 Å². The van der Waals surface area contributed by atoms with Gasteiger partial charge in [-0.15, -0.1) is 0 Å². The molecule has 0 fully saturated rings. The first-order chi connectivity index (χ1) is 12.5. The van der Waals surface area contributed by atoms with Gasteiger partial charge in [0.2, 0.25) is 0 Å². The Hall–Kier alpha value is -2.36. The SMILES string of the molecule is CC(=O)O[Si](CCCCCc1c(F)cc(F)cc1F)(OC(C)=O)OC(C)=O. The summed E-state index contributed by atoms with van der Waals surface area (Å²) in [4.78, 5) is 33.9. The van der Waals surface area contributed by atoms with Crippen LogP contribution >= 0.6 is 0 Å². The number of carbonyl (C=O) groups is 3. The normalized spacial score (nSPS) is 11.0. The molecule has 150 valence electrons. The molecule has 1 aromatic rings. The van der Waals surface area contributed by atoms with Gasteiger partial charge in [-0.3, -0.25) is 14.4 Å². The van der Waals surface area contributed by atoms with Crippen LogP contribution in [0, 0.1) is 17.5 Å². The highest BCUT2D eigenvalue weighted by Crippen LogP contribution is 2.23. The van der Waals surface area contributed by atoms with Gasteiger partial charge < -0.3 is 13.3 Å². The second-order valence-corrected chi connectivity index (χ2v) is 8.35. The van der Waals surface area contributed by atoms with Crippen LogP contribution in [0.25, 0.3) is 0 Å². The minimum atomic E-state index is -3.89. The van der Waals surface area contributed by atoms with Crippen LogP contribution in [0.5, 0.6) is 0 Å². The van der Waals surface area contributed by atoms with Crippen LogP contribution in [-0.2, 0) is 34.1 Å². The summed E-state index contributed by atoms with van der Waals surface area (Å²) in [5.74, 6) is -5.21. The van der Waals surface area contributed by atoms with Crippen molar-refractivity contribution >= 4 is 26.7 Å². The summed E-state index contributed by atoms with van der Waals surface area (Å²) < 4.78 is 55.2. The standard InChI is InChI=1S/C17H21F3O6Si/c1-11(21)24-27(25-12(2)22,26-13(3)23)8-6-4-5-7-15-16(19)9-14(18)10-17(15)20/h9-10H,4-8H2,1-3H3. The van der Waals surface area contributed by atoms with Gasteiger partial charge >= 0.3 is 8.80 Å². The molecule has 0 radical (unpaired) electrons. The fourth-order valence-electron chi connectivity index (χ4n) is 2.50. The molecular formula is C17H21F3O6Si. The molecule has 1 aromatic carbocycles. The van der Waals surface area contributed by atoms with Gasteiger partial charge in [0.25, 0.3) is 17.9 Å². The third-order valence-corrected chi connectivity index (χ3v) is 6.17. The molecular weight excluding hydrogens is 385 g/mol. The number of hydrogen-bond acceptors (Lipinski definition) is 6. The highest BCUT2D eigenvalue weighted by Gasteiger charge is 2.51. The quantitative estimate of drug-likeness (QED) is 0.462. The molecule has 0 saturated heterocycles. The molecule has 0 heterocycles. The first-order valence-corrected chi connectivity index (χ1v) is 10.2. The third-order valence-electron chi connectivity index (χ3n) is 3.41. The highest BCUT2D eigenvalue weighted by atomic mass is 28.4. The summed E-state index contributed by atoms with van der Waals surface area (Å²) in [5.41, 5.74) is -0.222. The van der Waals surface area contributed by atoms with Crippen molar-refractivity contribution in [3.05, 3.63) is 35.1 Å². The van der Waals surface area contributed by atoms with E-state index in [0.717, 1.165) is 20.8 Å². The Labute approximate surface area is 156 Å². The molecule has 6 nitrogen and oxygen atoms in total. The van der Waals surface area contributed by atoms with E-state index in [1.54, 1.807) is 0 Å². The Kier molecular flexibility index (Phi) is 8.48. The lowest BCUT2D eigenvalue weighted by Crippen LogP contribution is -2.49. The molecule has 0 aliphatic carbocycles. The molecule has 0 N–H and O–H groups in total. The van der Waals surface area contributed by atoms with E-state index < -0.39 is 44.2 Å². The summed E-state index contributed by atoms with van der Waals surface area (Å²) >= 11 is 0. The van der Waals surface area contributed by atoms with Crippen LogP contribution < -0.4 is 0 Å². The van der Waals surface area contributed by atoms with Gasteiger partial charge in [-0.25, -0.2) is 13.2 Å². The zero-order valence-electron chi connectivity index (χ0n) is 15.3. The van der Waals surface area contributed by atoms with Crippen LogP contribution in [0.4, 0.5) is 13.2 Å². The van der Waals surface area contributed by atoms with Crippen molar-refractivity contribution in [2.45, 2.75) is 52.5 Å². The number of carbonyl (C=O) groups excluding carboxylic acids is 3. The number of benzene rings is 1. The lowest BCUT2D eigenvalue weighted by Gasteiger charge is -2.26. The highest BCUT2D eigenvalue weighted by molar-refractivity contribution is 6.65. The van der Waals surface area contributed by atoms with Crippen molar-refractivity contribution in [2.75, 3.05) is 0 Å². The average molecular weight is 406 g/mol. The van der Waals surface area contributed by atoms with Crippen LogP contribution in [0.15, 0.2) is 12.1 Å². The van der Waals surface area contributed by atoms with Crippen molar-refractivity contribution in [3.8, 4) is 0 Å². The van der Waals surface area contributed by atoms with Gasteiger partial charge in [-0.2, -0.15) is 0 Å². The van der Waals surface area contributed by atoms with Crippen molar-refractivity contribution in [3.63, 3.8) is 0 Å². The maximum Gasteiger partial charge on any atom is 0.705 e. The first kappa shape index (κ1) is 22.7. The first-order valence-electron chi connectivity index (χ1n) is 8.27. The third kappa shape index (κ3) is 7.81. The molecule has 0 saturated carbocycles. The molecule has 0 spiro atoms. The lowest BCUT2D eigenvalue weighted by atomic mass is 10.1. The smallest absolute Gasteiger partial charge is 0.455 e. The van der Waals surface area contributed by atoms with E-state index in [-0.39, 0.29) is 18.0 Å². The van der Waals surface area contributed by atoms with Gasteiger partial charge in [0.05, 0.1) is 6.04 Å². The van der Waals surface area contributed by atoms with E-state index in [9.17, 15) is 27.6 Å². The molecule has 27 heavy (non-hydrogen) atoms. The van der Waals surface area contributed by atoms with Crippen LogP contribution in [0.2, 0.25) is 6.04 Å². The van der Waals surface area contributed by atoms with E-state index in [2.05, 4.69) is 0 Å². The van der Waals surface area contributed by atoms with E-state index in [1.807, 2.05) is 0 Å². The maximum absolute atomic E-state index is 13.6. The Morgan fingerprint density at radius 2 is 1.26 bits per heavy atom. The minimum absolute atomic E-state index is 0.0138. The molecule has 10 heteroatoms. The van der Waals surface area contributed by atoms with Gasteiger partial charge in [0, 0.05) is 38.5 Å². The molecule has 0 atom stereocenters. The molecule has 0 unspecified atom stereocenters. The molecule has 0 amide bonds. The van der Waals surface area contributed by atoms with Crippen molar-refractivity contribution in [2.24, 2.45) is 0 Å². The predicted molar refractivity (Wildman–Crippen MR) is 89.7 cm³/mol. The van der Waals surface area contributed by atoms with Crippen LogP contribution in [0.3, 0.4) is 0 Å². The van der Waals surface area contributed by atoms with Crippen LogP contribution in [-0.4, -0.2) is 26.7 Å². The fraction of sp³-hybridized carbons (Fsp3) is 0.471. The summed E-state index contributed by atoms with van der Waals surface area (Å²) in [6.07, 6.45) is 1.09. The number of hydrogen-bond donors (Lipinski definition) is 0. The number of unbranched alkanes of at least 4 members (excludes halogenated alkanes) is 2. The van der Waals surface area contributed by atoms with E-state index >= 15 is 0 Å². The maximum atomic E-state index is 13.6. The van der Waals surface area contributed by atoms with Crippen LogP contribution in [0.1, 0.15) is 45.6 Å². The van der Waals surface area contributed by atoms with E-state index in [1.165, 1.54) is 0 Å². The predicted octanol–water partition coefficient (Wildman–Crippen LogP) is 3.44. The second-order valence-electron chi connectivity index (χ2n) is 5.87. The summed E-state index contributed by atoms with van der Waals surface area (Å²) in [5, 5.41) is 0. The molecule has 0 aromatic heterocycles. The van der Waals surface area contributed by atoms with E-state index in [4.69, 9.17) is 13.3 Å². The Bertz CT molecular complexity index is 646. The Morgan fingerprint density at radius 3 is 1.67 bits per heavy atom. The summed E-state index contributed by atoms with van der Waals surface area (Å²) in [7, 11) is -3.89. The second kappa shape index (κ2) is 10.1.